The molecule has 0 fully saturated rings. The molecule has 102 valence electrons. The standard InChI is InChI=1S/C17H29N/c1-14-7-6-8-15(13-14)9-10-16(18-5)11-12-17(2,3)4/h6-8,13,16,18H,9-12H2,1-5H3. The van der Waals surface area contributed by atoms with E-state index >= 15 is 0 Å². The molecule has 1 N–H and O–H groups in total. The van der Waals surface area contributed by atoms with Crippen LogP contribution in [0, 0.1) is 12.3 Å². The number of benzene rings is 1. The van der Waals surface area contributed by atoms with Crippen molar-refractivity contribution in [2.45, 2.75) is 59.4 Å². The van der Waals surface area contributed by atoms with Gasteiger partial charge in [-0.3, -0.25) is 0 Å². The fourth-order valence-corrected chi connectivity index (χ4v) is 2.25. The van der Waals surface area contributed by atoms with Crippen LogP contribution in [0.2, 0.25) is 0 Å². The number of hydrogen-bond acceptors (Lipinski definition) is 1. The number of hydrogen-bond donors (Lipinski definition) is 1. The predicted molar refractivity (Wildman–Crippen MR) is 81.0 cm³/mol. The summed E-state index contributed by atoms with van der Waals surface area (Å²) in [5.74, 6) is 0. The minimum absolute atomic E-state index is 0.443. The van der Waals surface area contributed by atoms with Gasteiger partial charge in [0.2, 0.25) is 0 Å². The Morgan fingerprint density at radius 3 is 2.44 bits per heavy atom. The van der Waals surface area contributed by atoms with Gasteiger partial charge >= 0.3 is 0 Å². The summed E-state index contributed by atoms with van der Waals surface area (Å²) in [7, 11) is 2.09. The van der Waals surface area contributed by atoms with Gasteiger partial charge in [-0.1, -0.05) is 50.6 Å². The molecular weight excluding hydrogens is 218 g/mol. The first kappa shape index (κ1) is 15.2. The van der Waals surface area contributed by atoms with Crippen molar-refractivity contribution in [3.05, 3.63) is 35.4 Å². The minimum Gasteiger partial charge on any atom is -0.317 e. The van der Waals surface area contributed by atoms with Crippen LogP contribution >= 0.6 is 0 Å². The maximum atomic E-state index is 3.46. The average molecular weight is 247 g/mol. The van der Waals surface area contributed by atoms with Gasteiger partial charge in [-0.15, -0.1) is 0 Å². The van der Waals surface area contributed by atoms with E-state index in [0.717, 1.165) is 0 Å². The van der Waals surface area contributed by atoms with Gasteiger partial charge in [0.25, 0.3) is 0 Å². The summed E-state index contributed by atoms with van der Waals surface area (Å²) in [5.41, 5.74) is 3.27. The summed E-state index contributed by atoms with van der Waals surface area (Å²) in [6, 6.07) is 9.51. The van der Waals surface area contributed by atoms with Gasteiger partial charge in [0.15, 0.2) is 0 Å². The van der Waals surface area contributed by atoms with Crippen LogP contribution in [0.15, 0.2) is 24.3 Å². The third-order valence-electron chi connectivity index (χ3n) is 3.52. The van der Waals surface area contributed by atoms with E-state index in [1.165, 1.54) is 36.8 Å². The second kappa shape index (κ2) is 6.94. The van der Waals surface area contributed by atoms with Crippen LogP contribution in [-0.2, 0) is 6.42 Å². The van der Waals surface area contributed by atoms with E-state index in [0.29, 0.717) is 11.5 Å². The molecule has 18 heavy (non-hydrogen) atoms. The molecule has 0 saturated carbocycles. The van der Waals surface area contributed by atoms with Gasteiger partial charge in [0.1, 0.15) is 0 Å². The van der Waals surface area contributed by atoms with Crippen LogP contribution < -0.4 is 5.32 Å². The quantitative estimate of drug-likeness (QED) is 0.788. The van der Waals surface area contributed by atoms with Crippen molar-refractivity contribution in [3.8, 4) is 0 Å². The molecule has 0 spiro atoms. The van der Waals surface area contributed by atoms with Gasteiger partial charge in [-0.05, 0) is 50.6 Å². The Morgan fingerprint density at radius 1 is 1.17 bits per heavy atom. The van der Waals surface area contributed by atoms with E-state index in [9.17, 15) is 0 Å². The Balaban J connectivity index is 2.40. The van der Waals surface area contributed by atoms with Crippen LogP contribution in [-0.4, -0.2) is 13.1 Å². The van der Waals surface area contributed by atoms with E-state index in [1.807, 2.05) is 0 Å². The van der Waals surface area contributed by atoms with Gasteiger partial charge < -0.3 is 5.32 Å². The number of nitrogens with one attached hydrogen (secondary N) is 1. The number of rotatable bonds is 6. The van der Waals surface area contributed by atoms with Crippen molar-refractivity contribution in [3.63, 3.8) is 0 Å². The van der Waals surface area contributed by atoms with Crippen molar-refractivity contribution < 1.29 is 0 Å². The molecule has 0 radical (unpaired) electrons. The Labute approximate surface area is 113 Å². The zero-order valence-electron chi connectivity index (χ0n) is 12.7. The third kappa shape index (κ3) is 6.20. The Kier molecular flexibility index (Phi) is 5.87. The van der Waals surface area contributed by atoms with Crippen molar-refractivity contribution >= 4 is 0 Å². The monoisotopic (exact) mass is 247 g/mol. The molecule has 1 nitrogen and oxygen atoms in total. The number of aryl methyl sites for hydroxylation is 2. The Morgan fingerprint density at radius 2 is 1.89 bits per heavy atom. The fraction of sp³-hybridized carbons (Fsp3) is 0.647. The molecule has 0 bridgehead atoms. The zero-order valence-corrected chi connectivity index (χ0v) is 12.7. The summed E-state index contributed by atoms with van der Waals surface area (Å²) in [6.07, 6.45) is 4.96. The first-order chi connectivity index (χ1) is 8.40. The maximum Gasteiger partial charge on any atom is 0.00674 e. The molecule has 1 heteroatoms. The molecule has 0 saturated heterocycles. The summed E-state index contributed by atoms with van der Waals surface area (Å²) in [4.78, 5) is 0. The van der Waals surface area contributed by atoms with E-state index in [4.69, 9.17) is 0 Å². The highest BCUT2D eigenvalue weighted by atomic mass is 14.9. The van der Waals surface area contributed by atoms with Crippen LogP contribution in [0.5, 0.6) is 0 Å². The zero-order chi connectivity index (χ0) is 13.6. The molecule has 0 aliphatic rings. The summed E-state index contributed by atoms with van der Waals surface area (Å²) in [6.45, 7) is 9.12. The molecule has 0 aromatic heterocycles. The van der Waals surface area contributed by atoms with Crippen LogP contribution in [0.3, 0.4) is 0 Å². The van der Waals surface area contributed by atoms with E-state index in [-0.39, 0.29) is 0 Å². The van der Waals surface area contributed by atoms with Crippen molar-refractivity contribution in [2.75, 3.05) is 7.05 Å². The van der Waals surface area contributed by atoms with Gasteiger partial charge in [-0.25, -0.2) is 0 Å². The van der Waals surface area contributed by atoms with Crippen molar-refractivity contribution in [1.29, 1.82) is 0 Å². The molecule has 1 rings (SSSR count). The highest BCUT2D eigenvalue weighted by Gasteiger charge is 2.14. The molecule has 0 aliphatic carbocycles. The smallest absolute Gasteiger partial charge is 0.00674 e. The Bertz CT molecular complexity index is 349. The highest BCUT2D eigenvalue weighted by Crippen LogP contribution is 2.22. The molecule has 0 amide bonds. The first-order valence-corrected chi connectivity index (χ1v) is 7.13. The second-order valence-electron chi connectivity index (χ2n) is 6.61. The van der Waals surface area contributed by atoms with E-state index in [2.05, 4.69) is 64.3 Å². The first-order valence-electron chi connectivity index (χ1n) is 7.13. The molecule has 1 aromatic rings. The largest absolute Gasteiger partial charge is 0.317 e. The molecule has 1 unspecified atom stereocenters. The van der Waals surface area contributed by atoms with Crippen molar-refractivity contribution in [2.24, 2.45) is 5.41 Å². The molecule has 0 heterocycles. The third-order valence-corrected chi connectivity index (χ3v) is 3.52. The SMILES string of the molecule is CNC(CCc1cccc(C)c1)CCC(C)(C)C. The Hall–Kier alpha value is -0.820. The average Bonchev–Trinajstić information content (AvgIpc) is 2.28. The van der Waals surface area contributed by atoms with Gasteiger partial charge in [-0.2, -0.15) is 0 Å². The summed E-state index contributed by atoms with van der Waals surface area (Å²) in [5, 5.41) is 3.46. The van der Waals surface area contributed by atoms with Gasteiger partial charge in [0.05, 0.1) is 0 Å². The molecule has 1 aromatic carbocycles. The minimum atomic E-state index is 0.443. The lowest BCUT2D eigenvalue weighted by atomic mass is 9.87. The van der Waals surface area contributed by atoms with Crippen LogP contribution in [0.4, 0.5) is 0 Å². The van der Waals surface area contributed by atoms with E-state index < -0.39 is 0 Å². The van der Waals surface area contributed by atoms with Crippen molar-refractivity contribution in [1.82, 2.24) is 5.32 Å². The predicted octanol–water partition coefficient (Wildman–Crippen LogP) is 4.34. The summed E-state index contributed by atoms with van der Waals surface area (Å²) >= 11 is 0. The van der Waals surface area contributed by atoms with E-state index in [1.54, 1.807) is 0 Å². The lowest BCUT2D eigenvalue weighted by Gasteiger charge is -2.23. The lowest BCUT2D eigenvalue weighted by Crippen LogP contribution is -2.27. The molecule has 1 atom stereocenters. The fourth-order valence-electron chi connectivity index (χ4n) is 2.25. The second-order valence-corrected chi connectivity index (χ2v) is 6.61. The van der Waals surface area contributed by atoms with Gasteiger partial charge in [0, 0.05) is 6.04 Å². The topological polar surface area (TPSA) is 12.0 Å². The molecular formula is C17H29N. The highest BCUT2D eigenvalue weighted by molar-refractivity contribution is 5.22. The normalized spacial score (nSPS) is 13.6. The van der Waals surface area contributed by atoms with Crippen LogP contribution in [0.25, 0.3) is 0 Å². The maximum absolute atomic E-state index is 3.46. The lowest BCUT2D eigenvalue weighted by molar-refractivity contribution is 0.329. The van der Waals surface area contributed by atoms with Crippen LogP contribution in [0.1, 0.15) is 51.2 Å². The summed E-state index contributed by atoms with van der Waals surface area (Å²) < 4.78 is 0. The molecule has 0 aliphatic heterocycles.